The quantitative estimate of drug-likeness (QED) is 0.506. The molecule has 1 aromatic rings. The standard InChI is InChI=1S/C20H28F3N3O5/c1-15(25(2)18(28)29)10-13-26(12-7-6-11-24-17(27)20(21,22)23)19(30)31-14-16-8-4-3-5-9-16/h3-5,8-9,15H,6-7,10-14H2,1-2H3,(H,24,27)(H,28,29)/t15-/m1/s1. The van der Waals surface area contributed by atoms with E-state index < -0.39 is 24.3 Å². The number of hydrogen-bond acceptors (Lipinski definition) is 4. The second-order valence-electron chi connectivity index (χ2n) is 7.02. The average molecular weight is 447 g/mol. The van der Waals surface area contributed by atoms with Crippen molar-refractivity contribution in [1.82, 2.24) is 15.1 Å². The number of nitrogens with zero attached hydrogens (tertiary/aromatic N) is 2. The summed E-state index contributed by atoms with van der Waals surface area (Å²) in [5.74, 6) is -2.00. The number of carboxylic acid groups (broad SMARTS) is 1. The molecule has 8 nitrogen and oxygen atoms in total. The van der Waals surface area contributed by atoms with Crippen molar-refractivity contribution in [2.24, 2.45) is 0 Å². The summed E-state index contributed by atoms with van der Waals surface area (Å²) >= 11 is 0. The molecule has 0 unspecified atom stereocenters. The van der Waals surface area contributed by atoms with Crippen LogP contribution in [0.4, 0.5) is 22.8 Å². The summed E-state index contributed by atoms with van der Waals surface area (Å²) in [6, 6.07) is 8.68. The van der Waals surface area contributed by atoms with Crippen molar-refractivity contribution >= 4 is 18.1 Å². The molecule has 1 atom stereocenters. The first-order chi connectivity index (χ1) is 14.5. The van der Waals surface area contributed by atoms with Gasteiger partial charge in [0.05, 0.1) is 0 Å². The molecule has 1 aromatic carbocycles. The van der Waals surface area contributed by atoms with Gasteiger partial charge >= 0.3 is 24.3 Å². The van der Waals surface area contributed by atoms with Crippen molar-refractivity contribution in [3.8, 4) is 0 Å². The summed E-state index contributed by atoms with van der Waals surface area (Å²) in [6.45, 7) is 1.99. The van der Waals surface area contributed by atoms with E-state index in [0.29, 0.717) is 12.8 Å². The number of halogens is 3. The molecule has 0 aliphatic rings. The molecule has 31 heavy (non-hydrogen) atoms. The molecule has 0 aromatic heterocycles. The van der Waals surface area contributed by atoms with Gasteiger partial charge in [-0.1, -0.05) is 30.3 Å². The van der Waals surface area contributed by atoms with E-state index in [9.17, 15) is 27.6 Å². The van der Waals surface area contributed by atoms with Crippen LogP contribution in [0, 0.1) is 0 Å². The van der Waals surface area contributed by atoms with E-state index in [1.54, 1.807) is 36.5 Å². The maximum atomic E-state index is 12.5. The summed E-state index contributed by atoms with van der Waals surface area (Å²) in [5, 5.41) is 10.8. The fraction of sp³-hybridized carbons (Fsp3) is 0.550. The number of amides is 3. The lowest BCUT2D eigenvalue weighted by atomic mass is 10.2. The Morgan fingerprint density at radius 3 is 2.35 bits per heavy atom. The highest BCUT2D eigenvalue weighted by Gasteiger charge is 2.38. The zero-order valence-electron chi connectivity index (χ0n) is 17.5. The third kappa shape index (κ3) is 10.1. The molecule has 0 radical (unpaired) electrons. The molecule has 0 saturated carbocycles. The number of benzene rings is 1. The molecular weight excluding hydrogens is 419 g/mol. The SMILES string of the molecule is C[C@H](CCN(CCCCNC(=O)C(F)(F)F)C(=O)OCc1ccccc1)N(C)C(=O)O. The molecule has 0 aliphatic heterocycles. The van der Waals surface area contributed by atoms with Crippen molar-refractivity contribution in [1.29, 1.82) is 0 Å². The van der Waals surface area contributed by atoms with Crippen molar-refractivity contribution in [3.05, 3.63) is 35.9 Å². The van der Waals surface area contributed by atoms with Gasteiger partial charge in [0.15, 0.2) is 0 Å². The lowest BCUT2D eigenvalue weighted by Gasteiger charge is -2.27. The lowest BCUT2D eigenvalue weighted by Crippen LogP contribution is -2.40. The summed E-state index contributed by atoms with van der Waals surface area (Å²) in [5.41, 5.74) is 0.796. The second kappa shape index (κ2) is 12.7. The molecule has 0 fully saturated rings. The molecule has 0 heterocycles. The molecule has 0 aliphatic carbocycles. The zero-order valence-corrected chi connectivity index (χ0v) is 17.5. The van der Waals surface area contributed by atoms with Crippen LogP contribution >= 0.6 is 0 Å². The van der Waals surface area contributed by atoms with Gasteiger partial charge in [-0.05, 0) is 31.7 Å². The van der Waals surface area contributed by atoms with Gasteiger partial charge < -0.3 is 25.0 Å². The fourth-order valence-electron chi connectivity index (χ4n) is 2.56. The van der Waals surface area contributed by atoms with Gasteiger partial charge in [-0.15, -0.1) is 0 Å². The second-order valence-corrected chi connectivity index (χ2v) is 7.02. The van der Waals surface area contributed by atoms with E-state index in [0.717, 1.165) is 10.5 Å². The lowest BCUT2D eigenvalue weighted by molar-refractivity contribution is -0.173. The van der Waals surface area contributed by atoms with Crippen molar-refractivity contribution in [2.75, 3.05) is 26.7 Å². The van der Waals surface area contributed by atoms with Crippen LogP contribution in [0.3, 0.4) is 0 Å². The molecular formula is C20H28F3N3O5. The Bertz CT molecular complexity index is 716. The Morgan fingerprint density at radius 1 is 1.13 bits per heavy atom. The summed E-state index contributed by atoms with van der Waals surface area (Å²) in [4.78, 5) is 36.9. The Kier molecular flexibility index (Phi) is 10.6. The van der Waals surface area contributed by atoms with E-state index in [1.807, 2.05) is 6.07 Å². The number of carbonyl (C=O) groups is 3. The van der Waals surface area contributed by atoms with Gasteiger partial charge in [0.25, 0.3) is 0 Å². The van der Waals surface area contributed by atoms with Crippen LogP contribution in [-0.4, -0.2) is 71.9 Å². The largest absolute Gasteiger partial charge is 0.471 e. The van der Waals surface area contributed by atoms with Gasteiger partial charge in [0.2, 0.25) is 0 Å². The van der Waals surface area contributed by atoms with Crippen LogP contribution in [0.25, 0.3) is 0 Å². The minimum atomic E-state index is -4.93. The molecule has 174 valence electrons. The van der Waals surface area contributed by atoms with Crippen molar-refractivity contribution < 1.29 is 37.4 Å². The Morgan fingerprint density at radius 2 is 1.77 bits per heavy atom. The molecule has 0 saturated heterocycles. The van der Waals surface area contributed by atoms with Crippen LogP contribution < -0.4 is 5.32 Å². The number of rotatable bonds is 11. The summed E-state index contributed by atoms with van der Waals surface area (Å²) in [7, 11) is 1.42. The maximum absolute atomic E-state index is 12.5. The molecule has 0 bridgehead atoms. The van der Waals surface area contributed by atoms with Gasteiger partial charge in [-0.3, -0.25) is 4.79 Å². The van der Waals surface area contributed by atoms with Gasteiger partial charge in [0.1, 0.15) is 6.61 Å². The Balaban J connectivity index is 2.57. The highest BCUT2D eigenvalue weighted by molar-refractivity contribution is 5.81. The molecule has 11 heteroatoms. The van der Waals surface area contributed by atoms with Crippen molar-refractivity contribution in [3.63, 3.8) is 0 Å². The first-order valence-corrected chi connectivity index (χ1v) is 9.78. The van der Waals surface area contributed by atoms with E-state index in [4.69, 9.17) is 9.84 Å². The number of carbonyl (C=O) groups excluding carboxylic acids is 2. The zero-order chi connectivity index (χ0) is 23.4. The van der Waals surface area contributed by atoms with E-state index in [-0.39, 0.29) is 38.7 Å². The Hall–Kier alpha value is -2.98. The van der Waals surface area contributed by atoms with E-state index in [1.165, 1.54) is 11.9 Å². The van der Waals surface area contributed by atoms with E-state index in [2.05, 4.69) is 0 Å². The third-order valence-electron chi connectivity index (χ3n) is 4.64. The fourth-order valence-corrected chi connectivity index (χ4v) is 2.56. The predicted molar refractivity (Wildman–Crippen MR) is 106 cm³/mol. The molecule has 0 spiro atoms. The molecule has 2 N–H and O–H groups in total. The first kappa shape index (κ1) is 26.1. The van der Waals surface area contributed by atoms with Gasteiger partial charge in [0, 0.05) is 32.7 Å². The topological polar surface area (TPSA) is 99.2 Å². The maximum Gasteiger partial charge on any atom is 0.471 e. The Labute approximate surface area is 178 Å². The summed E-state index contributed by atoms with van der Waals surface area (Å²) in [6.07, 6.45) is -5.70. The smallest absolute Gasteiger partial charge is 0.465 e. The number of nitrogens with one attached hydrogen (secondary N) is 1. The number of ether oxygens (including phenoxy) is 1. The first-order valence-electron chi connectivity index (χ1n) is 9.78. The minimum Gasteiger partial charge on any atom is -0.465 e. The number of unbranched alkanes of at least 4 members (excludes halogenated alkanes) is 1. The van der Waals surface area contributed by atoms with Gasteiger partial charge in [-0.2, -0.15) is 13.2 Å². The molecule has 3 amide bonds. The van der Waals surface area contributed by atoms with E-state index >= 15 is 0 Å². The monoisotopic (exact) mass is 447 g/mol. The predicted octanol–water partition coefficient (Wildman–Crippen LogP) is 3.47. The van der Waals surface area contributed by atoms with Crippen molar-refractivity contribution in [2.45, 2.75) is 45.0 Å². The van der Waals surface area contributed by atoms with Crippen LogP contribution in [0.15, 0.2) is 30.3 Å². The average Bonchev–Trinajstić information content (AvgIpc) is 2.72. The number of alkyl halides is 3. The normalized spacial score (nSPS) is 12.0. The van der Waals surface area contributed by atoms with Crippen LogP contribution in [0.5, 0.6) is 0 Å². The third-order valence-corrected chi connectivity index (χ3v) is 4.64. The van der Waals surface area contributed by atoms with Crippen LogP contribution in [-0.2, 0) is 16.1 Å². The van der Waals surface area contributed by atoms with Gasteiger partial charge in [-0.25, -0.2) is 9.59 Å². The highest BCUT2D eigenvalue weighted by atomic mass is 19.4. The van der Waals surface area contributed by atoms with Crippen LogP contribution in [0.2, 0.25) is 0 Å². The molecule has 1 rings (SSSR count). The van der Waals surface area contributed by atoms with Crippen LogP contribution in [0.1, 0.15) is 31.7 Å². The highest BCUT2D eigenvalue weighted by Crippen LogP contribution is 2.14. The number of hydrogen-bond donors (Lipinski definition) is 2. The minimum absolute atomic E-state index is 0.0579. The summed E-state index contributed by atoms with van der Waals surface area (Å²) < 4.78 is 41.9.